The number of aryl methyl sites for hydroxylation is 1. The normalized spacial score (nSPS) is 18.5. The zero-order valence-corrected chi connectivity index (χ0v) is 14.3. The number of fused-ring (bicyclic) bond motifs is 1. The molecular weight excluding hydrogens is 318 g/mol. The quantitative estimate of drug-likeness (QED) is 0.777. The van der Waals surface area contributed by atoms with E-state index in [1.54, 1.807) is 0 Å². The van der Waals surface area contributed by atoms with Gasteiger partial charge in [-0.05, 0) is 44.2 Å². The molecule has 25 heavy (non-hydrogen) atoms. The second kappa shape index (κ2) is 6.15. The Morgan fingerprint density at radius 1 is 1.40 bits per heavy atom. The van der Waals surface area contributed by atoms with Gasteiger partial charge >= 0.3 is 6.03 Å². The third-order valence-corrected chi connectivity index (χ3v) is 5.19. The molecule has 4 rings (SSSR count). The van der Waals surface area contributed by atoms with Crippen LogP contribution in [0.15, 0.2) is 24.3 Å². The number of nitrogens with one attached hydrogen (secondary N) is 2. The monoisotopic (exact) mass is 341 g/mol. The molecule has 7 heteroatoms. The van der Waals surface area contributed by atoms with Crippen molar-refractivity contribution in [2.24, 2.45) is 5.92 Å². The van der Waals surface area contributed by atoms with E-state index in [0.29, 0.717) is 11.6 Å². The zero-order valence-electron chi connectivity index (χ0n) is 14.3. The van der Waals surface area contributed by atoms with E-state index in [4.69, 9.17) is 0 Å². The summed E-state index contributed by atoms with van der Waals surface area (Å²) in [5, 5.41) is 23.9. The SMILES string of the molecule is CC(CO)(NC(=O)Nc1cccc(-c2nnc3n2CCC3)c1)C1CC1. The highest BCUT2D eigenvalue weighted by Gasteiger charge is 2.42. The second-order valence-electron chi connectivity index (χ2n) is 7.20. The van der Waals surface area contributed by atoms with Gasteiger partial charge in [0.1, 0.15) is 5.82 Å². The van der Waals surface area contributed by atoms with Crippen LogP contribution in [0.5, 0.6) is 0 Å². The number of amides is 2. The van der Waals surface area contributed by atoms with Gasteiger partial charge in [0.25, 0.3) is 0 Å². The maximum Gasteiger partial charge on any atom is 0.319 e. The Bertz CT molecular complexity index is 799. The highest BCUT2D eigenvalue weighted by Crippen LogP contribution is 2.39. The van der Waals surface area contributed by atoms with Gasteiger partial charge in [-0.1, -0.05) is 12.1 Å². The summed E-state index contributed by atoms with van der Waals surface area (Å²) in [6, 6.07) is 7.32. The molecule has 7 nitrogen and oxygen atoms in total. The predicted octanol–water partition coefficient (Wildman–Crippen LogP) is 2.17. The van der Waals surface area contributed by atoms with Crippen LogP contribution in [-0.2, 0) is 13.0 Å². The van der Waals surface area contributed by atoms with Crippen LogP contribution in [0.1, 0.15) is 32.0 Å². The number of benzene rings is 1. The summed E-state index contributed by atoms with van der Waals surface area (Å²) in [5.74, 6) is 2.22. The molecule has 2 aliphatic rings. The topological polar surface area (TPSA) is 92.1 Å². The van der Waals surface area contributed by atoms with Gasteiger partial charge in [0.2, 0.25) is 0 Å². The lowest BCUT2D eigenvalue weighted by Gasteiger charge is -2.28. The minimum absolute atomic E-state index is 0.0585. The molecule has 1 unspecified atom stereocenters. The van der Waals surface area contributed by atoms with Crippen LogP contribution >= 0.6 is 0 Å². The molecule has 1 fully saturated rings. The lowest BCUT2D eigenvalue weighted by molar-refractivity contribution is 0.159. The Labute approximate surface area is 146 Å². The predicted molar refractivity (Wildman–Crippen MR) is 94.1 cm³/mol. The van der Waals surface area contributed by atoms with Gasteiger partial charge < -0.3 is 20.3 Å². The number of aliphatic hydroxyl groups is 1. The van der Waals surface area contributed by atoms with Crippen molar-refractivity contribution < 1.29 is 9.90 Å². The molecule has 2 amide bonds. The largest absolute Gasteiger partial charge is 0.394 e. The third-order valence-electron chi connectivity index (χ3n) is 5.19. The molecule has 1 saturated carbocycles. The van der Waals surface area contributed by atoms with Gasteiger partial charge in [0.15, 0.2) is 5.82 Å². The Kier molecular flexibility index (Phi) is 3.95. The fourth-order valence-electron chi connectivity index (χ4n) is 3.51. The number of carbonyl (C=O) groups excluding carboxylic acids is 1. The summed E-state index contributed by atoms with van der Waals surface area (Å²) in [6.45, 7) is 2.77. The molecule has 132 valence electrons. The number of carbonyl (C=O) groups is 1. The van der Waals surface area contributed by atoms with Crippen LogP contribution in [-0.4, -0.2) is 38.0 Å². The van der Waals surface area contributed by atoms with Crippen LogP contribution < -0.4 is 10.6 Å². The first-order valence-corrected chi connectivity index (χ1v) is 8.81. The van der Waals surface area contributed by atoms with Gasteiger partial charge in [-0.15, -0.1) is 10.2 Å². The number of aromatic nitrogens is 3. The van der Waals surface area contributed by atoms with Crippen molar-refractivity contribution in [3.05, 3.63) is 30.1 Å². The summed E-state index contributed by atoms with van der Waals surface area (Å²) in [4.78, 5) is 12.3. The Morgan fingerprint density at radius 3 is 3.00 bits per heavy atom. The van der Waals surface area contributed by atoms with E-state index in [0.717, 1.165) is 49.4 Å². The average Bonchev–Trinajstić information content (AvgIpc) is 3.23. The lowest BCUT2D eigenvalue weighted by Crippen LogP contribution is -2.52. The van der Waals surface area contributed by atoms with E-state index in [2.05, 4.69) is 25.4 Å². The number of nitrogens with zero attached hydrogens (tertiary/aromatic N) is 3. The first kappa shape index (κ1) is 16.1. The van der Waals surface area contributed by atoms with Gasteiger partial charge in [0.05, 0.1) is 12.1 Å². The van der Waals surface area contributed by atoms with Gasteiger partial charge in [0, 0.05) is 24.2 Å². The maximum absolute atomic E-state index is 12.3. The van der Waals surface area contributed by atoms with E-state index >= 15 is 0 Å². The summed E-state index contributed by atoms with van der Waals surface area (Å²) < 4.78 is 2.13. The Morgan fingerprint density at radius 2 is 2.24 bits per heavy atom. The first-order valence-electron chi connectivity index (χ1n) is 8.81. The second-order valence-corrected chi connectivity index (χ2v) is 7.20. The average molecular weight is 341 g/mol. The van der Waals surface area contributed by atoms with Gasteiger partial charge in [-0.25, -0.2) is 4.79 Å². The number of anilines is 1. The molecule has 1 aliphatic heterocycles. The number of rotatable bonds is 5. The first-order chi connectivity index (χ1) is 12.1. The van der Waals surface area contributed by atoms with Crippen LogP contribution in [0.2, 0.25) is 0 Å². The molecule has 3 N–H and O–H groups in total. The number of hydrogen-bond donors (Lipinski definition) is 3. The van der Waals surface area contributed by atoms with E-state index < -0.39 is 5.54 Å². The van der Waals surface area contributed by atoms with Crippen LogP contribution in [0.3, 0.4) is 0 Å². The molecule has 2 aromatic rings. The fourth-order valence-corrected chi connectivity index (χ4v) is 3.51. The zero-order chi connectivity index (χ0) is 17.4. The van der Waals surface area contributed by atoms with E-state index in [-0.39, 0.29) is 12.6 Å². The van der Waals surface area contributed by atoms with Crippen LogP contribution in [0.4, 0.5) is 10.5 Å². The number of aliphatic hydroxyl groups excluding tert-OH is 1. The maximum atomic E-state index is 12.3. The highest BCUT2D eigenvalue weighted by atomic mass is 16.3. The molecule has 1 aliphatic carbocycles. The highest BCUT2D eigenvalue weighted by molar-refractivity contribution is 5.90. The van der Waals surface area contributed by atoms with E-state index in [1.165, 1.54) is 0 Å². The van der Waals surface area contributed by atoms with Crippen molar-refractivity contribution in [3.63, 3.8) is 0 Å². The minimum Gasteiger partial charge on any atom is -0.394 e. The molecule has 0 bridgehead atoms. The molecule has 1 aromatic heterocycles. The molecule has 1 atom stereocenters. The van der Waals surface area contributed by atoms with Crippen molar-refractivity contribution in [1.29, 1.82) is 0 Å². The van der Waals surface area contributed by atoms with Crippen molar-refractivity contribution in [2.75, 3.05) is 11.9 Å². The van der Waals surface area contributed by atoms with Crippen molar-refractivity contribution >= 4 is 11.7 Å². The van der Waals surface area contributed by atoms with Crippen molar-refractivity contribution in [2.45, 2.75) is 44.7 Å². The summed E-state index contributed by atoms with van der Waals surface area (Å²) >= 11 is 0. The van der Waals surface area contributed by atoms with E-state index in [1.807, 2.05) is 31.2 Å². The minimum atomic E-state index is -0.560. The van der Waals surface area contributed by atoms with Crippen LogP contribution in [0, 0.1) is 5.92 Å². The molecule has 0 radical (unpaired) electrons. The summed E-state index contributed by atoms with van der Waals surface area (Å²) in [5.41, 5.74) is 1.07. The number of urea groups is 1. The lowest BCUT2D eigenvalue weighted by atomic mass is 9.97. The fraction of sp³-hybridized carbons (Fsp3) is 0.500. The third kappa shape index (κ3) is 3.11. The Hall–Kier alpha value is -2.41. The van der Waals surface area contributed by atoms with E-state index in [9.17, 15) is 9.90 Å². The summed E-state index contributed by atoms with van der Waals surface area (Å²) in [7, 11) is 0. The molecule has 1 aromatic carbocycles. The standard InChI is InChI=1S/C18H23N5O2/c1-18(11-24,13-7-8-13)20-17(25)19-14-5-2-4-12(10-14)16-22-21-15-6-3-9-23(15)16/h2,4-5,10,13,24H,3,6-9,11H2,1H3,(H2,19,20,25). The van der Waals surface area contributed by atoms with Gasteiger partial charge in [-0.2, -0.15) is 0 Å². The van der Waals surface area contributed by atoms with Crippen molar-refractivity contribution in [1.82, 2.24) is 20.1 Å². The smallest absolute Gasteiger partial charge is 0.319 e. The molecule has 0 spiro atoms. The van der Waals surface area contributed by atoms with Crippen LogP contribution in [0.25, 0.3) is 11.4 Å². The molecular formula is C18H23N5O2. The van der Waals surface area contributed by atoms with Gasteiger partial charge in [-0.3, -0.25) is 0 Å². The molecule has 2 heterocycles. The molecule has 0 saturated heterocycles. The van der Waals surface area contributed by atoms with Crippen molar-refractivity contribution in [3.8, 4) is 11.4 Å². The Balaban J connectivity index is 1.49. The number of hydrogen-bond acceptors (Lipinski definition) is 4. The summed E-state index contributed by atoms with van der Waals surface area (Å²) in [6.07, 6.45) is 4.16.